The summed E-state index contributed by atoms with van der Waals surface area (Å²) in [5.41, 5.74) is 0.903. The maximum Gasteiger partial charge on any atom is 0.307 e. The maximum atomic E-state index is 12.3. The highest BCUT2D eigenvalue weighted by Crippen LogP contribution is 2.23. The second-order valence-electron chi connectivity index (χ2n) is 6.21. The van der Waals surface area contributed by atoms with Crippen molar-refractivity contribution in [1.82, 2.24) is 4.90 Å². The number of aryl methyl sites for hydroxylation is 1. The molecule has 2 rings (SSSR count). The topological polar surface area (TPSA) is 102 Å². The Morgan fingerprint density at radius 1 is 1.40 bits per heavy atom. The number of piperidine rings is 1. The number of ether oxygens (including phenoxy) is 1. The number of nitro benzene ring substituents is 1. The van der Waals surface area contributed by atoms with E-state index in [1.54, 1.807) is 19.1 Å². The van der Waals surface area contributed by atoms with Crippen molar-refractivity contribution in [2.75, 3.05) is 25.5 Å². The van der Waals surface area contributed by atoms with E-state index in [4.69, 9.17) is 4.74 Å². The van der Waals surface area contributed by atoms with Gasteiger partial charge >= 0.3 is 5.97 Å². The SMILES string of the molecule is COC(=O)C[C@@H]1CCCCN1CC(=O)Nc1ccc(C)c([N+](=O)[O-])c1. The lowest BCUT2D eigenvalue weighted by atomic mass is 9.99. The molecule has 1 N–H and O–H groups in total. The molecule has 8 heteroatoms. The van der Waals surface area contributed by atoms with E-state index in [1.165, 1.54) is 13.2 Å². The van der Waals surface area contributed by atoms with Crippen LogP contribution in [0, 0.1) is 17.0 Å². The zero-order chi connectivity index (χ0) is 18.4. The quantitative estimate of drug-likeness (QED) is 0.480. The van der Waals surface area contributed by atoms with Crippen molar-refractivity contribution in [3.05, 3.63) is 33.9 Å². The third-order valence-electron chi connectivity index (χ3n) is 4.42. The van der Waals surface area contributed by atoms with E-state index in [2.05, 4.69) is 5.32 Å². The van der Waals surface area contributed by atoms with Crippen LogP contribution >= 0.6 is 0 Å². The van der Waals surface area contributed by atoms with E-state index in [9.17, 15) is 19.7 Å². The molecule has 25 heavy (non-hydrogen) atoms. The summed E-state index contributed by atoms with van der Waals surface area (Å²) in [4.78, 5) is 36.3. The summed E-state index contributed by atoms with van der Waals surface area (Å²) >= 11 is 0. The van der Waals surface area contributed by atoms with Gasteiger partial charge in [-0.1, -0.05) is 12.5 Å². The molecule has 1 heterocycles. The minimum atomic E-state index is -0.470. The van der Waals surface area contributed by atoms with Crippen molar-refractivity contribution in [2.45, 2.75) is 38.6 Å². The first-order chi connectivity index (χ1) is 11.9. The largest absolute Gasteiger partial charge is 0.469 e. The van der Waals surface area contributed by atoms with Crippen LogP contribution in [-0.2, 0) is 14.3 Å². The Hall–Kier alpha value is -2.48. The van der Waals surface area contributed by atoms with Gasteiger partial charge in [-0.05, 0) is 32.4 Å². The Labute approximate surface area is 146 Å². The van der Waals surface area contributed by atoms with Gasteiger partial charge in [0.1, 0.15) is 0 Å². The van der Waals surface area contributed by atoms with E-state index in [0.717, 1.165) is 25.8 Å². The zero-order valence-corrected chi connectivity index (χ0v) is 14.5. The number of carbonyl (C=O) groups is 2. The molecule has 1 atom stereocenters. The molecular formula is C17H23N3O5. The molecule has 1 aromatic rings. The molecule has 0 bridgehead atoms. The summed E-state index contributed by atoms with van der Waals surface area (Å²) in [7, 11) is 1.35. The molecule has 1 aliphatic heterocycles. The number of methoxy groups -OCH3 is 1. The van der Waals surface area contributed by atoms with Crippen LogP contribution in [0.3, 0.4) is 0 Å². The van der Waals surface area contributed by atoms with Crippen LogP contribution in [0.1, 0.15) is 31.2 Å². The van der Waals surface area contributed by atoms with E-state index >= 15 is 0 Å². The molecule has 0 aromatic heterocycles. The van der Waals surface area contributed by atoms with Crippen LogP contribution < -0.4 is 5.32 Å². The smallest absolute Gasteiger partial charge is 0.307 e. The van der Waals surface area contributed by atoms with Crippen molar-refractivity contribution in [3.63, 3.8) is 0 Å². The molecule has 1 aromatic carbocycles. The van der Waals surface area contributed by atoms with Crippen LogP contribution in [0.15, 0.2) is 18.2 Å². The van der Waals surface area contributed by atoms with Gasteiger partial charge in [-0.25, -0.2) is 0 Å². The van der Waals surface area contributed by atoms with Gasteiger partial charge in [0.15, 0.2) is 0 Å². The van der Waals surface area contributed by atoms with Gasteiger partial charge in [-0.3, -0.25) is 24.6 Å². The van der Waals surface area contributed by atoms with Crippen molar-refractivity contribution in [3.8, 4) is 0 Å². The number of hydrogen-bond donors (Lipinski definition) is 1. The fourth-order valence-corrected chi connectivity index (χ4v) is 3.04. The van der Waals surface area contributed by atoms with Crippen molar-refractivity contribution < 1.29 is 19.2 Å². The number of likely N-dealkylation sites (tertiary alicyclic amines) is 1. The van der Waals surface area contributed by atoms with Crippen molar-refractivity contribution in [2.24, 2.45) is 0 Å². The summed E-state index contributed by atoms with van der Waals surface area (Å²) in [6, 6.07) is 4.59. The second kappa shape index (κ2) is 8.57. The molecule has 1 amide bonds. The fraction of sp³-hybridized carbons (Fsp3) is 0.529. The molecule has 8 nitrogen and oxygen atoms in total. The van der Waals surface area contributed by atoms with Gasteiger partial charge in [0.2, 0.25) is 5.91 Å². The lowest BCUT2D eigenvalue weighted by Crippen LogP contribution is -2.45. The van der Waals surface area contributed by atoms with Crippen LogP contribution in [0.2, 0.25) is 0 Å². The molecular weight excluding hydrogens is 326 g/mol. The minimum Gasteiger partial charge on any atom is -0.469 e. The molecule has 0 radical (unpaired) electrons. The van der Waals surface area contributed by atoms with Gasteiger partial charge in [0, 0.05) is 23.4 Å². The Morgan fingerprint density at radius 2 is 2.16 bits per heavy atom. The third-order valence-corrected chi connectivity index (χ3v) is 4.42. The number of carbonyl (C=O) groups excluding carboxylic acids is 2. The third kappa shape index (κ3) is 5.25. The lowest BCUT2D eigenvalue weighted by molar-refractivity contribution is -0.385. The number of amides is 1. The average Bonchev–Trinajstić information content (AvgIpc) is 2.58. The Bertz CT molecular complexity index is 662. The number of nitrogens with one attached hydrogen (secondary N) is 1. The van der Waals surface area contributed by atoms with Gasteiger partial charge in [-0.2, -0.15) is 0 Å². The van der Waals surface area contributed by atoms with Gasteiger partial charge in [-0.15, -0.1) is 0 Å². The number of hydrogen-bond acceptors (Lipinski definition) is 6. The van der Waals surface area contributed by atoms with Gasteiger partial charge < -0.3 is 10.1 Å². The fourth-order valence-electron chi connectivity index (χ4n) is 3.04. The van der Waals surface area contributed by atoms with E-state index in [-0.39, 0.29) is 36.6 Å². The Balaban J connectivity index is 1.99. The summed E-state index contributed by atoms with van der Waals surface area (Å²) in [6.45, 7) is 2.53. The molecule has 0 saturated carbocycles. The Morgan fingerprint density at radius 3 is 2.84 bits per heavy atom. The van der Waals surface area contributed by atoms with E-state index < -0.39 is 4.92 Å². The minimum absolute atomic E-state index is 0.0145. The molecule has 0 aliphatic carbocycles. The zero-order valence-electron chi connectivity index (χ0n) is 14.5. The van der Waals surface area contributed by atoms with Crippen LogP contribution in [-0.4, -0.2) is 47.9 Å². The summed E-state index contributed by atoms with van der Waals surface area (Å²) in [5, 5.41) is 13.7. The number of esters is 1. The van der Waals surface area contributed by atoms with Crippen LogP contribution in [0.4, 0.5) is 11.4 Å². The monoisotopic (exact) mass is 349 g/mol. The van der Waals surface area contributed by atoms with Crippen molar-refractivity contribution in [1.29, 1.82) is 0 Å². The first kappa shape index (κ1) is 18.9. The summed E-state index contributed by atoms with van der Waals surface area (Å²) in [5.74, 6) is -0.540. The summed E-state index contributed by atoms with van der Waals surface area (Å²) < 4.78 is 4.72. The highest BCUT2D eigenvalue weighted by molar-refractivity contribution is 5.92. The molecule has 0 unspecified atom stereocenters. The predicted molar refractivity (Wildman–Crippen MR) is 92.3 cm³/mol. The number of nitrogens with zero attached hydrogens (tertiary/aromatic N) is 2. The highest BCUT2D eigenvalue weighted by Gasteiger charge is 2.26. The number of nitro groups is 1. The molecule has 1 aliphatic rings. The van der Waals surface area contributed by atoms with Crippen LogP contribution in [0.25, 0.3) is 0 Å². The first-order valence-corrected chi connectivity index (χ1v) is 8.26. The second-order valence-corrected chi connectivity index (χ2v) is 6.21. The normalized spacial score (nSPS) is 17.8. The number of anilines is 1. The molecule has 1 saturated heterocycles. The standard InChI is InChI=1S/C17H23N3O5/c1-12-6-7-13(9-15(12)20(23)24)18-16(21)11-19-8-4-3-5-14(19)10-17(22)25-2/h6-7,9,14H,3-5,8,10-11H2,1-2H3,(H,18,21)/t14-/m0/s1. The van der Waals surface area contributed by atoms with Crippen LogP contribution in [0.5, 0.6) is 0 Å². The molecule has 1 fully saturated rings. The van der Waals surface area contributed by atoms with Gasteiger partial charge in [0.05, 0.1) is 25.0 Å². The highest BCUT2D eigenvalue weighted by atomic mass is 16.6. The predicted octanol–water partition coefficient (Wildman–Crippen LogP) is 2.26. The van der Waals surface area contributed by atoms with E-state index in [1.807, 2.05) is 4.90 Å². The van der Waals surface area contributed by atoms with Gasteiger partial charge in [0.25, 0.3) is 5.69 Å². The molecule has 0 spiro atoms. The Kier molecular flexibility index (Phi) is 6.46. The first-order valence-electron chi connectivity index (χ1n) is 8.26. The summed E-state index contributed by atoms with van der Waals surface area (Å²) in [6.07, 6.45) is 3.10. The number of rotatable bonds is 6. The molecule has 136 valence electrons. The maximum absolute atomic E-state index is 12.3. The van der Waals surface area contributed by atoms with E-state index in [0.29, 0.717) is 11.3 Å². The average molecular weight is 349 g/mol. The lowest BCUT2D eigenvalue weighted by Gasteiger charge is -2.34. The number of benzene rings is 1. The van der Waals surface area contributed by atoms with Crippen molar-refractivity contribution >= 4 is 23.3 Å².